The highest BCUT2D eigenvalue weighted by Crippen LogP contribution is 2.16. The summed E-state index contributed by atoms with van der Waals surface area (Å²) in [5.74, 6) is 0.712. The van der Waals surface area contributed by atoms with E-state index in [0.717, 1.165) is 69.6 Å². The largest absolute Gasteiger partial charge is 0.462 e. The maximum Gasteiger partial charge on any atom is 0.306 e. The second-order valence-corrected chi connectivity index (χ2v) is 15.2. The van der Waals surface area contributed by atoms with Crippen molar-refractivity contribution < 1.29 is 28.6 Å². The number of carbonyl (C=O) groups excluding carboxylic acids is 3. The Labute approximate surface area is 298 Å². The summed E-state index contributed by atoms with van der Waals surface area (Å²) in [7, 11) is 0. The Morgan fingerprint density at radius 2 is 0.688 bits per heavy atom. The lowest BCUT2D eigenvalue weighted by molar-refractivity contribution is -0.167. The molecule has 48 heavy (non-hydrogen) atoms. The Morgan fingerprint density at radius 1 is 0.396 bits per heavy atom. The average Bonchev–Trinajstić information content (AvgIpc) is 3.04. The molecule has 0 spiro atoms. The smallest absolute Gasteiger partial charge is 0.306 e. The minimum atomic E-state index is -0.759. The van der Waals surface area contributed by atoms with Crippen LogP contribution in [0.3, 0.4) is 0 Å². The molecular weight excluding hydrogens is 600 g/mol. The van der Waals surface area contributed by atoms with Crippen LogP contribution in [0.5, 0.6) is 0 Å². The highest BCUT2D eigenvalue weighted by atomic mass is 16.6. The Morgan fingerprint density at radius 3 is 1.02 bits per heavy atom. The Bertz CT molecular complexity index is 734. The highest BCUT2D eigenvalue weighted by Gasteiger charge is 2.19. The molecule has 6 heteroatoms. The van der Waals surface area contributed by atoms with Gasteiger partial charge >= 0.3 is 17.9 Å². The molecular formula is C42H80O6. The normalized spacial score (nSPS) is 12.1. The SMILES string of the molecule is CCCCCCCCCC(=O)OC[C@@H](COC(=O)CCCCCCCCCCCCCC(C)C)OC(=O)CCCCCCCCC(C)C. The molecule has 0 radical (unpaired) electrons. The molecule has 0 saturated carbocycles. The molecule has 0 aromatic heterocycles. The molecule has 0 rings (SSSR count). The first kappa shape index (κ1) is 46.4. The van der Waals surface area contributed by atoms with E-state index in [0.29, 0.717) is 19.3 Å². The van der Waals surface area contributed by atoms with Crippen LogP contribution in [0.2, 0.25) is 0 Å². The Balaban J connectivity index is 4.27. The third-order valence-corrected chi connectivity index (χ3v) is 9.22. The van der Waals surface area contributed by atoms with Crippen molar-refractivity contribution in [2.75, 3.05) is 13.2 Å². The molecule has 0 aromatic carbocycles. The van der Waals surface area contributed by atoms with Crippen LogP contribution in [0.15, 0.2) is 0 Å². The standard InChI is InChI=1S/C42H80O6/c1-6-7-8-9-15-22-27-32-40(43)46-35-39(48-42(45)34-29-24-19-18-21-26-31-38(4)5)36-47-41(44)33-28-23-17-14-12-10-11-13-16-20-25-30-37(2)3/h37-39H,6-36H2,1-5H3/t39-/m0/s1. The molecule has 0 bridgehead atoms. The average molecular weight is 681 g/mol. The van der Waals surface area contributed by atoms with Crippen molar-refractivity contribution in [3.8, 4) is 0 Å². The number of unbranched alkanes of at least 4 members (excludes halogenated alkanes) is 21. The van der Waals surface area contributed by atoms with Crippen LogP contribution in [0.4, 0.5) is 0 Å². The van der Waals surface area contributed by atoms with Crippen LogP contribution in [0, 0.1) is 11.8 Å². The number of esters is 3. The summed E-state index contributed by atoms with van der Waals surface area (Å²) >= 11 is 0. The highest BCUT2D eigenvalue weighted by molar-refractivity contribution is 5.71. The topological polar surface area (TPSA) is 78.9 Å². The van der Waals surface area contributed by atoms with Crippen molar-refractivity contribution in [3.05, 3.63) is 0 Å². The van der Waals surface area contributed by atoms with Crippen molar-refractivity contribution in [2.24, 2.45) is 11.8 Å². The number of hydrogen-bond donors (Lipinski definition) is 0. The second kappa shape index (κ2) is 35.2. The zero-order valence-corrected chi connectivity index (χ0v) is 32.6. The number of hydrogen-bond acceptors (Lipinski definition) is 6. The van der Waals surface area contributed by atoms with Gasteiger partial charge in [-0.05, 0) is 31.1 Å². The van der Waals surface area contributed by atoms with Crippen LogP contribution in [0.25, 0.3) is 0 Å². The van der Waals surface area contributed by atoms with Gasteiger partial charge in [0, 0.05) is 19.3 Å². The van der Waals surface area contributed by atoms with Crippen molar-refractivity contribution >= 4 is 17.9 Å². The summed E-state index contributed by atoms with van der Waals surface area (Å²) < 4.78 is 16.6. The lowest BCUT2D eigenvalue weighted by Gasteiger charge is -2.18. The van der Waals surface area contributed by atoms with E-state index >= 15 is 0 Å². The lowest BCUT2D eigenvalue weighted by atomic mass is 10.0. The summed E-state index contributed by atoms with van der Waals surface area (Å²) in [5, 5.41) is 0. The summed E-state index contributed by atoms with van der Waals surface area (Å²) in [6.45, 7) is 11.2. The molecule has 284 valence electrons. The lowest BCUT2D eigenvalue weighted by Crippen LogP contribution is -2.30. The first-order valence-electron chi connectivity index (χ1n) is 20.7. The Kier molecular flexibility index (Phi) is 34.1. The van der Waals surface area contributed by atoms with Crippen LogP contribution in [0.1, 0.15) is 221 Å². The number of rotatable bonds is 36. The molecule has 0 aromatic rings. The van der Waals surface area contributed by atoms with E-state index in [1.54, 1.807) is 0 Å². The van der Waals surface area contributed by atoms with E-state index < -0.39 is 6.10 Å². The minimum absolute atomic E-state index is 0.0669. The monoisotopic (exact) mass is 681 g/mol. The van der Waals surface area contributed by atoms with Gasteiger partial charge in [0.1, 0.15) is 13.2 Å². The fourth-order valence-electron chi connectivity index (χ4n) is 6.05. The first-order valence-corrected chi connectivity index (χ1v) is 20.7. The van der Waals surface area contributed by atoms with Gasteiger partial charge in [0.05, 0.1) is 0 Å². The predicted molar refractivity (Wildman–Crippen MR) is 201 cm³/mol. The molecule has 1 atom stereocenters. The molecule has 0 N–H and O–H groups in total. The van der Waals surface area contributed by atoms with E-state index in [1.165, 1.54) is 109 Å². The van der Waals surface area contributed by atoms with Crippen molar-refractivity contribution in [2.45, 2.75) is 227 Å². The summed E-state index contributed by atoms with van der Waals surface area (Å²) in [6, 6.07) is 0. The maximum atomic E-state index is 12.6. The molecule has 0 aliphatic heterocycles. The van der Waals surface area contributed by atoms with E-state index in [-0.39, 0.29) is 31.1 Å². The summed E-state index contributed by atoms with van der Waals surface area (Å²) in [4.78, 5) is 37.4. The van der Waals surface area contributed by atoms with Crippen LogP contribution in [-0.4, -0.2) is 37.2 Å². The third-order valence-electron chi connectivity index (χ3n) is 9.22. The van der Waals surface area contributed by atoms with Crippen molar-refractivity contribution in [3.63, 3.8) is 0 Å². The molecule has 0 amide bonds. The van der Waals surface area contributed by atoms with Gasteiger partial charge in [-0.25, -0.2) is 0 Å². The van der Waals surface area contributed by atoms with E-state index in [9.17, 15) is 14.4 Å². The van der Waals surface area contributed by atoms with Crippen LogP contribution < -0.4 is 0 Å². The van der Waals surface area contributed by atoms with Crippen molar-refractivity contribution in [1.29, 1.82) is 0 Å². The molecule has 0 aliphatic carbocycles. The zero-order chi connectivity index (χ0) is 35.5. The van der Waals surface area contributed by atoms with Gasteiger partial charge in [-0.1, -0.05) is 182 Å². The molecule has 0 aliphatic rings. The van der Waals surface area contributed by atoms with Gasteiger partial charge in [0.25, 0.3) is 0 Å². The minimum Gasteiger partial charge on any atom is -0.462 e. The van der Waals surface area contributed by atoms with Gasteiger partial charge < -0.3 is 14.2 Å². The van der Waals surface area contributed by atoms with Crippen molar-refractivity contribution in [1.82, 2.24) is 0 Å². The fraction of sp³-hybridized carbons (Fsp3) is 0.929. The molecule has 0 heterocycles. The molecule has 0 unspecified atom stereocenters. The fourth-order valence-corrected chi connectivity index (χ4v) is 6.05. The quantitative estimate of drug-likeness (QED) is 0.0372. The molecule has 0 saturated heterocycles. The molecule has 6 nitrogen and oxygen atoms in total. The number of carbonyl (C=O) groups is 3. The number of ether oxygens (including phenoxy) is 3. The zero-order valence-electron chi connectivity index (χ0n) is 32.6. The molecule has 0 fully saturated rings. The first-order chi connectivity index (χ1) is 23.2. The third kappa shape index (κ3) is 35.7. The predicted octanol–water partition coefficient (Wildman–Crippen LogP) is 12.6. The van der Waals surface area contributed by atoms with E-state index in [4.69, 9.17) is 14.2 Å². The van der Waals surface area contributed by atoms with Gasteiger partial charge in [-0.15, -0.1) is 0 Å². The van der Waals surface area contributed by atoms with Gasteiger partial charge in [-0.3, -0.25) is 14.4 Å². The Hall–Kier alpha value is -1.59. The summed E-state index contributed by atoms with van der Waals surface area (Å²) in [6.07, 6.45) is 31.1. The maximum absolute atomic E-state index is 12.6. The second-order valence-electron chi connectivity index (χ2n) is 15.2. The van der Waals surface area contributed by atoms with Crippen LogP contribution in [-0.2, 0) is 28.6 Å². The van der Waals surface area contributed by atoms with Gasteiger partial charge in [0.2, 0.25) is 0 Å². The van der Waals surface area contributed by atoms with Crippen LogP contribution >= 0.6 is 0 Å². The van der Waals surface area contributed by atoms with E-state index in [2.05, 4.69) is 34.6 Å². The van der Waals surface area contributed by atoms with Gasteiger partial charge in [-0.2, -0.15) is 0 Å². The summed E-state index contributed by atoms with van der Waals surface area (Å²) in [5.41, 5.74) is 0. The van der Waals surface area contributed by atoms with E-state index in [1.807, 2.05) is 0 Å². The van der Waals surface area contributed by atoms with Gasteiger partial charge in [0.15, 0.2) is 6.10 Å².